The van der Waals surface area contributed by atoms with Gasteiger partial charge in [0.25, 0.3) is 5.91 Å². The molecule has 0 spiro atoms. The Morgan fingerprint density at radius 2 is 2.10 bits per heavy atom. The summed E-state index contributed by atoms with van der Waals surface area (Å²) in [6.07, 6.45) is 1.85. The molecule has 21 heavy (non-hydrogen) atoms. The number of ether oxygens (including phenoxy) is 1. The highest BCUT2D eigenvalue weighted by Crippen LogP contribution is 2.29. The van der Waals surface area contributed by atoms with E-state index >= 15 is 0 Å². The van der Waals surface area contributed by atoms with Crippen LogP contribution in [0.5, 0.6) is 5.75 Å². The number of aliphatic hydroxyl groups is 1. The molecular formula is C16H24ClNO3. The van der Waals surface area contributed by atoms with E-state index in [4.69, 9.17) is 16.3 Å². The van der Waals surface area contributed by atoms with Gasteiger partial charge in [0, 0.05) is 17.1 Å². The predicted molar refractivity (Wildman–Crippen MR) is 84.7 cm³/mol. The number of carbonyl (C=O) groups is 1. The van der Waals surface area contributed by atoms with E-state index in [0.29, 0.717) is 22.9 Å². The predicted octanol–water partition coefficient (Wildman–Crippen LogP) is 3.47. The van der Waals surface area contributed by atoms with Gasteiger partial charge in [-0.3, -0.25) is 4.79 Å². The summed E-state index contributed by atoms with van der Waals surface area (Å²) in [7, 11) is 0. The summed E-state index contributed by atoms with van der Waals surface area (Å²) in [5.41, 5.74) is 0.577. The fourth-order valence-electron chi connectivity index (χ4n) is 1.93. The first kappa shape index (κ1) is 17.8. The van der Waals surface area contributed by atoms with Gasteiger partial charge in [-0.2, -0.15) is 0 Å². The second-order valence-corrected chi connectivity index (χ2v) is 5.55. The number of hydrogen-bond donors (Lipinski definition) is 2. The Labute approximate surface area is 131 Å². The molecule has 0 bridgehead atoms. The Bertz CT molecular complexity index is 463. The molecule has 0 fully saturated rings. The van der Waals surface area contributed by atoms with Crippen LogP contribution in [0.4, 0.5) is 0 Å². The van der Waals surface area contributed by atoms with Crippen molar-refractivity contribution in [2.24, 2.45) is 0 Å². The van der Waals surface area contributed by atoms with Crippen molar-refractivity contribution in [1.82, 2.24) is 5.32 Å². The molecule has 1 aromatic rings. The minimum Gasteiger partial charge on any atom is -0.481 e. The third kappa shape index (κ3) is 5.94. The molecule has 1 aromatic carbocycles. The zero-order chi connectivity index (χ0) is 15.8. The average Bonchev–Trinajstić information content (AvgIpc) is 2.44. The van der Waals surface area contributed by atoms with Gasteiger partial charge < -0.3 is 15.2 Å². The van der Waals surface area contributed by atoms with Gasteiger partial charge in [0.2, 0.25) is 0 Å². The number of halogens is 1. The molecule has 0 heterocycles. The topological polar surface area (TPSA) is 58.6 Å². The molecule has 0 aliphatic carbocycles. The normalized spacial score (nSPS) is 13.6. The third-order valence-corrected chi connectivity index (χ3v) is 3.41. The minimum absolute atomic E-state index is 0.155. The van der Waals surface area contributed by atoms with Crippen molar-refractivity contribution >= 4 is 17.5 Å². The Hall–Kier alpha value is -1.26. The van der Waals surface area contributed by atoms with E-state index < -0.39 is 12.2 Å². The molecule has 0 saturated carbocycles. The van der Waals surface area contributed by atoms with Gasteiger partial charge in [-0.15, -0.1) is 0 Å². The van der Waals surface area contributed by atoms with E-state index in [1.165, 1.54) is 0 Å². The van der Waals surface area contributed by atoms with Crippen LogP contribution in [-0.2, 0) is 4.79 Å². The minimum atomic E-state index is -0.710. The van der Waals surface area contributed by atoms with Gasteiger partial charge in [0.15, 0.2) is 6.10 Å². The van der Waals surface area contributed by atoms with Crippen LogP contribution >= 0.6 is 11.6 Å². The molecule has 2 atom stereocenters. The highest BCUT2D eigenvalue weighted by Gasteiger charge is 2.17. The maximum atomic E-state index is 11.9. The number of hydrogen-bond acceptors (Lipinski definition) is 3. The van der Waals surface area contributed by atoms with Crippen LogP contribution in [0.1, 0.15) is 51.7 Å². The SMILES string of the molecule is CCCCCNC(=O)C(C)Oc1ccc(Cl)cc1C(C)O. The smallest absolute Gasteiger partial charge is 0.260 e. The van der Waals surface area contributed by atoms with Gasteiger partial charge in [-0.25, -0.2) is 0 Å². The molecule has 2 unspecified atom stereocenters. The van der Waals surface area contributed by atoms with Crippen molar-refractivity contribution in [1.29, 1.82) is 0 Å². The third-order valence-electron chi connectivity index (χ3n) is 3.17. The Kier molecular flexibility index (Phi) is 7.54. The molecule has 0 radical (unpaired) electrons. The number of carbonyl (C=O) groups excluding carboxylic acids is 1. The lowest BCUT2D eigenvalue weighted by Crippen LogP contribution is -2.37. The van der Waals surface area contributed by atoms with Crippen LogP contribution in [0, 0.1) is 0 Å². The highest BCUT2D eigenvalue weighted by atomic mass is 35.5. The molecule has 2 N–H and O–H groups in total. The van der Waals surface area contributed by atoms with E-state index in [1.54, 1.807) is 32.0 Å². The number of aliphatic hydroxyl groups excluding tert-OH is 1. The molecule has 5 heteroatoms. The van der Waals surface area contributed by atoms with Crippen LogP contribution in [0.15, 0.2) is 18.2 Å². The maximum Gasteiger partial charge on any atom is 0.260 e. The van der Waals surface area contributed by atoms with Gasteiger partial charge in [-0.05, 0) is 38.5 Å². The molecule has 1 rings (SSSR count). The van der Waals surface area contributed by atoms with Crippen LogP contribution < -0.4 is 10.1 Å². The summed E-state index contributed by atoms with van der Waals surface area (Å²) in [5.74, 6) is 0.322. The first-order valence-electron chi connectivity index (χ1n) is 7.37. The Morgan fingerprint density at radius 1 is 1.38 bits per heavy atom. The summed E-state index contributed by atoms with van der Waals surface area (Å²) in [6, 6.07) is 4.99. The lowest BCUT2D eigenvalue weighted by molar-refractivity contribution is -0.127. The van der Waals surface area contributed by atoms with E-state index in [9.17, 15) is 9.90 Å². The van der Waals surface area contributed by atoms with E-state index in [2.05, 4.69) is 12.2 Å². The fourth-order valence-corrected chi connectivity index (χ4v) is 2.11. The average molecular weight is 314 g/mol. The summed E-state index contributed by atoms with van der Waals surface area (Å²) in [6.45, 7) is 6.10. The summed E-state index contributed by atoms with van der Waals surface area (Å²) in [4.78, 5) is 11.9. The number of rotatable bonds is 8. The number of benzene rings is 1. The summed E-state index contributed by atoms with van der Waals surface area (Å²) < 4.78 is 5.65. The molecule has 1 amide bonds. The van der Waals surface area contributed by atoms with Crippen molar-refractivity contribution in [2.75, 3.05) is 6.54 Å². The molecule has 0 saturated heterocycles. The molecule has 0 aliphatic heterocycles. The van der Waals surface area contributed by atoms with Crippen molar-refractivity contribution in [3.8, 4) is 5.75 Å². The van der Waals surface area contributed by atoms with Crippen LogP contribution in [0.3, 0.4) is 0 Å². The second kappa shape index (κ2) is 8.90. The van der Waals surface area contributed by atoms with Crippen LogP contribution in [0.2, 0.25) is 5.02 Å². The van der Waals surface area contributed by atoms with Gasteiger partial charge in [0.1, 0.15) is 5.75 Å². The lowest BCUT2D eigenvalue weighted by atomic mass is 10.1. The number of nitrogens with one attached hydrogen (secondary N) is 1. The first-order valence-corrected chi connectivity index (χ1v) is 7.75. The van der Waals surface area contributed by atoms with Crippen LogP contribution in [-0.4, -0.2) is 23.7 Å². The summed E-state index contributed by atoms with van der Waals surface area (Å²) >= 11 is 5.91. The highest BCUT2D eigenvalue weighted by molar-refractivity contribution is 6.30. The zero-order valence-corrected chi connectivity index (χ0v) is 13.6. The van der Waals surface area contributed by atoms with Crippen molar-refractivity contribution in [2.45, 2.75) is 52.2 Å². The standard InChI is InChI=1S/C16H24ClNO3/c1-4-5-6-9-18-16(20)12(3)21-15-8-7-13(17)10-14(15)11(2)19/h7-8,10-12,19H,4-6,9H2,1-3H3,(H,18,20). The van der Waals surface area contributed by atoms with Crippen LogP contribution in [0.25, 0.3) is 0 Å². The van der Waals surface area contributed by atoms with E-state index in [1.807, 2.05) is 0 Å². The van der Waals surface area contributed by atoms with E-state index in [-0.39, 0.29) is 5.91 Å². The lowest BCUT2D eigenvalue weighted by Gasteiger charge is -2.18. The van der Waals surface area contributed by atoms with Gasteiger partial charge >= 0.3 is 0 Å². The number of unbranched alkanes of at least 4 members (excludes halogenated alkanes) is 2. The van der Waals surface area contributed by atoms with Crippen molar-refractivity contribution in [3.63, 3.8) is 0 Å². The Morgan fingerprint density at radius 3 is 2.71 bits per heavy atom. The molecular weight excluding hydrogens is 290 g/mol. The quantitative estimate of drug-likeness (QED) is 0.723. The second-order valence-electron chi connectivity index (χ2n) is 5.12. The maximum absolute atomic E-state index is 11.9. The zero-order valence-electron chi connectivity index (χ0n) is 12.9. The molecule has 118 valence electrons. The molecule has 4 nitrogen and oxygen atoms in total. The monoisotopic (exact) mass is 313 g/mol. The van der Waals surface area contributed by atoms with Crippen molar-refractivity contribution < 1.29 is 14.6 Å². The molecule has 0 aliphatic rings. The van der Waals surface area contributed by atoms with Crippen molar-refractivity contribution in [3.05, 3.63) is 28.8 Å². The summed E-state index contributed by atoms with van der Waals surface area (Å²) in [5, 5.41) is 13.1. The first-order chi connectivity index (χ1) is 9.95. The molecule has 0 aromatic heterocycles. The van der Waals surface area contributed by atoms with Gasteiger partial charge in [-0.1, -0.05) is 31.4 Å². The van der Waals surface area contributed by atoms with E-state index in [0.717, 1.165) is 19.3 Å². The Balaban J connectivity index is 2.61. The number of amides is 1. The fraction of sp³-hybridized carbons (Fsp3) is 0.562. The largest absolute Gasteiger partial charge is 0.481 e. The van der Waals surface area contributed by atoms with Gasteiger partial charge in [0.05, 0.1) is 6.10 Å².